The van der Waals surface area contributed by atoms with E-state index in [1.54, 1.807) is 11.3 Å². The Hall–Kier alpha value is -0.0600. The standard InChI is InChI=1S/C12H22N2S2/c1-5-15-7-6-9(2)14-11(4)12-10(3)13-8-16-12/h8-9,11,14H,5-7H2,1-4H3. The lowest BCUT2D eigenvalue weighted by Crippen LogP contribution is -2.29. The van der Waals surface area contributed by atoms with Crippen molar-refractivity contribution in [2.24, 2.45) is 0 Å². The molecule has 1 N–H and O–H groups in total. The maximum Gasteiger partial charge on any atom is 0.0798 e. The SMILES string of the molecule is CCSCCC(C)NC(C)c1scnc1C. The highest BCUT2D eigenvalue weighted by Crippen LogP contribution is 2.21. The van der Waals surface area contributed by atoms with Gasteiger partial charge in [0.2, 0.25) is 0 Å². The minimum absolute atomic E-state index is 0.425. The van der Waals surface area contributed by atoms with E-state index in [1.807, 2.05) is 17.3 Å². The lowest BCUT2D eigenvalue weighted by Gasteiger charge is -2.19. The molecule has 0 aliphatic rings. The van der Waals surface area contributed by atoms with Gasteiger partial charge in [0.25, 0.3) is 0 Å². The van der Waals surface area contributed by atoms with Crippen molar-refractivity contribution in [1.29, 1.82) is 0 Å². The number of rotatable bonds is 7. The van der Waals surface area contributed by atoms with Gasteiger partial charge in [-0.3, -0.25) is 0 Å². The summed E-state index contributed by atoms with van der Waals surface area (Å²) < 4.78 is 0. The Morgan fingerprint density at radius 2 is 2.25 bits per heavy atom. The van der Waals surface area contributed by atoms with Crippen LogP contribution < -0.4 is 5.32 Å². The van der Waals surface area contributed by atoms with Crippen LogP contribution in [0.25, 0.3) is 0 Å². The van der Waals surface area contributed by atoms with Crippen molar-refractivity contribution in [3.05, 3.63) is 16.1 Å². The fraction of sp³-hybridized carbons (Fsp3) is 0.750. The molecule has 0 amide bonds. The highest BCUT2D eigenvalue weighted by Gasteiger charge is 2.13. The van der Waals surface area contributed by atoms with Crippen LogP contribution in [-0.4, -0.2) is 22.5 Å². The summed E-state index contributed by atoms with van der Waals surface area (Å²) in [4.78, 5) is 5.67. The predicted octanol–water partition coefficient (Wildman–Crippen LogP) is 3.63. The molecule has 2 unspecified atom stereocenters. The van der Waals surface area contributed by atoms with Crippen LogP contribution in [0.4, 0.5) is 0 Å². The number of nitrogens with zero attached hydrogens (tertiary/aromatic N) is 1. The molecule has 0 spiro atoms. The first-order valence-corrected chi connectivity index (χ1v) is 7.92. The van der Waals surface area contributed by atoms with Gasteiger partial charge in [0.1, 0.15) is 0 Å². The van der Waals surface area contributed by atoms with E-state index in [-0.39, 0.29) is 0 Å². The van der Waals surface area contributed by atoms with Gasteiger partial charge in [0.15, 0.2) is 0 Å². The number of aryl methyl sites for hydroxylation is 1. The average molecular weight is 258 g/mol. The van der Waals surface area contributed by atoms with Crippen molar-refractivity contribution < 1.29 is 0 Å². The predicted molar refractivity (Wildman–Crippen MR) is 75.5 cm³/mol. The Balaban J connectivity index is 2.33. The molecule has 0 aromatic carbocycles. The number of nitrogens with one attached hydrogen (secondary N) is 1. The molecular weight excluding hydrogens is 236 g/mol. The first-order chi connectivity index (χ1) is 7.65. The molecule has 0 radical (unpaired) electrons. The lowest BCUT2D eigenvalue weighted by molar-refractivity contribution is 0.474. The summed E-state index contributed by atoms with van der Waals surface area (Å²) in [7, 11) is 0. The molecular formula is C12H22N2S2. The Labute approximate surface area is 107 Å². The molecule has 0 bridgehead atoms. The summed E-state index contributed by atoms with van der Waals surface area (Å²) in [6.45, 7) is 8.79. The minimum atomic E-state index is 0.425. The number of hydrogen-bond acceptors (Lipinski definition) is 4. The molecule has 1 aromatic heterocycles. The van der Waals surface area contributed by atoms with Gasteiger partial charge < -0.3 is 5.32 Å². The van der Waals surface area contributed by atoms with Crippen LogP contribution in [0.5, 0.6) is 0 Å². The fourth-order valence-corrected chi connectivity index (χ4v) is 3.35. The minimum Gasteiger partial charge on any atom is -0.307 e. The molecule has 0 aliphatic carbocycles. The van der Waals surface area contributed by atoms with Crippen molar-refractivity contribution in [2.75, 3.05) is 11.5 Å². The number of thioether (sulfide) groups is 1. The second-order valence-corrected chi connectivity index (χ2v) is 6.36. The monoisotopic (exact) mass is 258 g/mol. The van der Waals surface area contributed by atoms with Gasteiger partial charge in [-0.2, -0.15) is 11.8 Å². The van der Waals surface area contributed by atoms with Crippen LogP contribution in [-0.2, 0) is 0 Å². The van der Waals surface area contributed by atoms with Gasteiger partial charge in [-0.25, -0.2) is 4.98 Å². The third-order valence-electron chi connectivity index (χ3n) is 2.61. The van der Waals surface area contributed by atoms with Gasteiger partial charge >= 0.3 is 0 Å². The van der Waals surface area contributed by atoms with Gasteiger partial charge in [-0.15, -0.1) is 11.3 Å². The van der Waals surface area contributed by atoms with Crippen LogP contribution in [0.2, 0.25) is 0 Å². The first kappa shape index (κ1) is 14.0. The molecule has 16 heavy (non-hydrogen) atoms. The highest BCUT2D eigenvalue weighted by molar-refractivity contribution is 7.99. The normalized spacial score (nSPS) is 15.0. The summed E-state index contributed by atoms with van der Waals surface area (Å²) >= 11 is 3.76. The molecule has 0 fully saturated rings. The smallest absolute Gasteiger partial charge is 0.0798 e. The quantitative estimate of drug-likeness (QED) is 0.756. The Bertz CT molecular complexity index is 299. The van der Waals surface area contributed by atoms with E-state index in [0.29, 0.717) is 12.1 Å². The number of aromatic nitrogens is 1. The zero-order valence-corrected chi connectivity index (χ0v) is 12.3. The molecule has 92 valence electrons. The Kier molecular flexibility index (Phi) is 6.39. The van der Waals surface area contributed by atoms with E-state index in [4.69, 9.17) is 0 Å². The van der Waals surface area contributed by atoms with Crippen LogP contribution >= 0.6 is 23.1 Å². The molecule has 1 heterocycles. The van der Waals surface area contributed by atoms with Gasteiger partial charge in [0.05, 0.1) is 11.2 Å². The van der Waals surface area contributed by atoms with Crippen LogP contribution in [0.1, 0.15) is 43.8 Å². The third kappa shape index (κ3) is 4.44. The van der Waals surface area contributed by atoms with Crippen LogP contribution in [0, 0.1) is 6.92 Å². The number of thiazole rings is 1. The summed E-state index contributed by atoms with van der Waals surface area (Å²) in [5, 5.41) is 3.64. The van der Waals surface area contributed by atoms with Crippen molar-refractivity contribution in [3.63, 3.8) is 0 Å². The number of hydrogen-bond donors (Lipinski definition) is 1. The van der Waals surface area contributed by atoms with Gasteiger partial charge in [-0.1, -0.05) is 6.92 Å². The molecule has 2 atom stereocenters. The largest absolute Gasteiger partial charge is 0.307 e. The maximum absolute atomic E-state index is 4.29. The Morgan fingerprint density at radius 1 is 1.50 bits per heavy atom. The molecule has 0 saturated heterocycles. The molecule has 1 aromatic rings. The van der Waals surface area contributed by atoms with E-state index in [2.05, 4.69) is 38.0 Å². The molecule has 0 aliphatic heterocycles. The molecule has 4 heteroatoms. The highest BCUT2D eigenvalue weighted by atomic mass is 32.2. The van der Waals surface area contributed by atoms with Crippen molar-refractivity contribution in [3.8, 4) is 0 Å². The van der Waals surface area contributed by atoms with E-state index in [1.165, 1.54) is 28.5 Å². The Morgan fingerprint density at radius 3 is 2.81 bits per heavy atom. The van der Waals surface area contributed by atoms with E-state index < -0.39 is 0 Å². The second kappa shape index (κ2) is 7.30. The third-order valence-corrected chi connectivity index (χ3v) is 4.66. The van der Waals surface area contributed by atoms with E-state index >= 15 is 0 Å². The summed E-state index contributed by atoms with van der Waals surface area (Å²) in [5.74, 6) is 2.47. The van der Waals surface area contributed by atoms with Crippen LogP contribution in [0.15, 0.2) is 5.51 Å². The fourth-order valence-electron chi connectivity index (χ4n) is 1.72. The molecule has 1 rings (SSSR count). The second-order valence-electron chi connectivity index (χ2n) is 4.08. The van der Waals surface area contributed by atoms with Crippen molar-refractivity contribution in [2.45, 2.75) is 46.2 Å². The zero-order chi connectivity index (χ0) is 12.0. The first-order valence-electron chi connectivity index (χ1n) is 5.89. The van der Waals surface area contributed by atoms with Crippen molar-refractivity contribution in [1.82, 2.24) is 10.3 Å². The zero-order valence-electron chi connectivity index (χ0n) is 10.6. The van der Waals surface area contributed by atoms with E-state index in [0.717, 1.165) is 0 Å². The van der Waals surface area contributed by atoms with E-state index in [9.17, 15) is 0 Å². The maximum atomic E-state index is 4.29. The average Bonchev–Trinajstić information content (AvgIpc) is 2.65. The topological polar surface area (TPSA) is 24.9 Å². The molecule has 2 nitrogen and oxygen atoms in total. The van der Waals surface area contributed by atoms with Crippen molar-refractivity contribution >= 4 is 23.1 Å². The van der Waals surface area contributed by atoms with Crippen LogP contribution in [0.3, 0.4) is 0 Å². The summed E-state index contributed by atoms with van der Waals surface area (Å²) in [6.07, 6.45) is 1.24. The van der Waals surface area contributed by atoms with Gasteiger partial charge in [0, 0.05) is 17.0 Å². The molecule has 0 saturated carbocycles. The van der Waals surface area contributed by atoms with Gasteiger partial charge in [-0.05, 0) is 38.7 Å². The summed E-state index contributed by atoms with van der Waals surface area (Å²) in [6, 6.07) is 1.00. The summed E-state index contributed by atoms with van der Waals surface area (Å²) in [5.41, 5.74) is 3.10. The lowest BCUT2D eigenvalue weighted by atomic mass is 10.2.